The minimum Gasteiger partial charge on any atom is -0.483 e. The molecule has 16 heavy (non-hydrogen) atoms. The molecule has 3 heteroatoms. The molecule has 0 atom stereocenters. The molecule has 3 aromatic rings. The Morgan fingerprint density at radius 1 is 1.19 bits per heavy atom. The number of aromatic nitrogens is 1. The average molecular weight is 212 g/mol. The molecule has 0 saturated carbocycles. The van der Waals surface area contributed by atoms with Crippen LogP contribution >= 0.6 is 0 Å². The Hall–Kier alpha value is -2.16. The number of para-hydroxylation sites is 1. The predicted octanol–water partition coefficient (Wildman–Crippen LogP) is 3.14. The molecular weight excluding hydrogens is 202 g/mol. The minimum absolute atomic E-state index is 0.422. The van der Waals surface area contributed by atoms with Crippen LogP contribution in [0.4, 0.5) is 0 Å². The maximum Gasteiger partial charge on any atom is 0.155 e. The summed E-state index contributed by atoms with van der Waals surface area (Å²) in [6.07, 6.45) is 4.62. The van der Waals surface area contributed by atoms with Crippen molar-refractivity contribution < 1.29 is 9.15 Å². The second-order valence-corrected chi connectivity index (χ2v) is 3.49. The lowest BCUT2D eigenvalue weighted by Gasteiger charge is -2.01. The van der Waals surface area contributed by atoms with Crippen LogP contribution in [-0.4, -0.2) is 4.98 Å². The molecule has 2 aromatic heterocycles. The number of fused-ring (bicyclic) bond motifs is 1. The molecular formula is C13H10NO2. The quantitative estimate of drug-likeness (QED) is 0.724. The van der Waals surface area contributed by atoms with Crippen molar-refractivity contribution in [2.24, 2.45) is 0 Å². The molecule has 1 aromatic carbocycles. The lowest BCUT2D eigenvalue weighted by atomic mass is 10.2. The standard InChI is InChI=1S/C13H10NO2/c1-2-6-12-11(5-1)13(8-14-12)16-9-10-4-3-7-15-10/h1-7,14H,9H2. The molecule has 0 aliphatic carbocycles. The van der Waals surface area contributed by atoms with Crippen molar-refractivity contribution in [3.8, 4) is 5.75 Å². The van der Waals surface area contributed by atoms with Gasteiger partial charge in [0.15, 0.2) is 5.75 Å². The zero-order valence-corrected chi connectivity index (χ0v) is 8.57. The van der Waals surface area contributed by atoms with Gasteiger partial charge in [0.2, 0.25) is 0 Å². The molecule has 0 aliphatic heterocycles. The van der Waals surface area contributed by atoms with Crippen molar-refractivity contribution in [1.29, 1.82) is 0 Å². The average Bonchev–Trinajstić information content (AvgIpc) is 2.96. The molecule has 0 fully saturated rings. The van der Waals surface area contributed by atoms with Crippen LogP contribution < -0.4 is 4.74 Å². The van der Waals surface area contributed by atoms with E-state index in [9.17, 15) is 0 Å². The van der Waals surface area contributed by atoms with E-state index in [1.165, 1.54) is 0 Å². The van der Waals surface area contributed by atoms with E-state index in [0.29, 0.717) is 6.61 Å². The Labute approximate surface area is 92.7 Å². The third kappa shape index (κ3) is 1.56. The molecule has 79 valence electrons. The van der Waals surface area contributed by atoms with Crippen LogP contribution in [0, 0.1) is 6.20 Å². The highest BCUT2D eigenvalue weighted by atomic mass is 16.5. The van der Waals surface area contributed by atoms with E-state index in [-0.39, 0.29) is 0 Å². The summed E-state index contributed by atoms with van der Waals surface area (Å²) in [7, 11) is 0. The topological polar surface area (TPSA) is 38.2 Å². The Balaban J connectivity index is 1.84. The Bertz CT molecular complexity index is 581. The van der Waals surface area contributed by atoms with Crippen LogP contribution in [0.5, 0.6) is 5.75 Å². The summed E-state index contributed by atoms with van der Waals surface area (Å²) < 4.78 is 10.8. The van der Waals surface area contributed by atoms with Crippen LogP contribution in [0.3, 0.4) is 0 Å². The van der Waals surface area contributed by atoms with Crippen LogP contribution in [0.1, 0.15) is 5.76 Å². The molecule has 1 N–H and O–H groups in total. The number of ether oxygens (including phenoxy) is 1. The van der Waals surface area contributed by atoms with Gasteiger partial charge in [-0.3, -0.25) is 0 Å². The van der Waals surface area contributed by atoms with E-state index in [4.69, 9.17) is 9.15 Å². The highest BCUT2D eigenvalue weighted by molar-refractivity contribution is 5.85. The first kappa shape index (κ1) is 9.09. The molecule has 3 nitrogen and oxygen atoms in total. The molecule has 1 radical (unpaired) electrons. The van der Waals surface area contributed by atoms with Crippen LogP contribution in [0.2, 0.25) is 0 Å². The van der Waals surface area contributed by atoms with Crippen molar-refractivity contribution in [1.82, 2.24) is 4.98 Å². The minimum atomic E-state index is 0.422. The highest BCUT2D eigenvalue weighted by Gasteiger charge is 2.05. The summed E-state index contributed by atoms with van der Waals surface area (Å²) in [5.41, 5.74) is 1.02. The van der Waals surface area contributed by atoms with Gasteiger partial charge in [-0.05, 0) is 24.3 Å². The van der Waals surface area contributed by atoms with Crippen LogP contribution in [0.15, 0.2) is 47.1 Å². The first-order valence-corrected chi connectivity index (χ1v) is 5.07. The number of aromatic amines is 1. The highest BCUT2D eigenvalue weighted by Crippen LogP contribution is 2.24. The second kappa shape index (κ2) is 3.77. The molecule has 0 saturated heterocycles. The summed E-state index contributed by atoms with van der Waals surface area (Å²) in [6, 6.07) is 11.7. The number of rotatable bonds is 3. The molecule has 0 unspecified atom stereocenters. The summed E-state index contributed by atoms with van der Waals surface area (Å²) in [4.78, 5) is 3.04. The largest absolute Gasteiger partial charge is 0.483 e. The Kier molecular flexibility index (Phi) is 2.14. The maximum atomic E-state index is 5.62. The summed E-state index contributed by atoms with van der Waals surface area (Å²) in [5, 5.41) is 1.04. The number of H-pyrrole nitrogens is 1. The first-order chi connectivity index (χ1) is 7.93. The van der Waals surface area contributed by atoms with Gasteiger partial charge in [-0.2, -0.15) is 0 Å². The smallest absolute Gasteiger partial charge is 0.155 e. The summed E-state index contributed by atoms with van der Waals surface area (Å²) >= 11 is 0. The normalized spacial score (nSPS) is 10.8. The van der Waals surface area contributed by atoms with E-state index < -0.39 is 0 Å². The third-order valence-electron chi connectivity index (χ3n) is 2.42. The molecule has 0 bridgehead atoms. The van der Waals surface area contributed by atoms with Gasteiger partial charge in [0.05, 0.1) is 6.26 Å². The van der Waals surface area contributed by atoms with Gasteiger partial charge >= 0.3 is 0 Å². The molecule has 2 heterocycles. The molecule has 0 spiro atoms. The van der Waals surface area contributed by atoms with E-state index >= 15 is 0 Å². The van der Waals surface area contributed by atoms with Gasteiger partial charge < -0.3 is 14.1 Å². The van der Waals surface area contributed by atoms with E-state index in [1.807, 2.05) is 36.4 Å². The third-order valence-corrected chi connectivity index (χ3v) is 2.42. The lowest BCUT2D eigenvalue weighted by molar-refractivity contribution is 0.273. The Morgan fingerprint density at radius 3 is 3.00 bits per heavy atom. The summed E-state index contributed by atoms with van der Waals surface area (Å²) in [6.45, 7) is 0.422. The van der Waals surface area contributed by atoms with Crippen molar-refractivity contribution in [2.75, 3.05) is 0 Å². The fourth-order valence-electron chi connectivity index (χ4n) is 1.63. The molecule has 0 amide bonds. The van der Waals surface area contributed by atoms with Gasteiger partial charge in [-0.15, -0.1) is 0 Å². The number of benzene rings is 1. The van der Waals surface area contributed by atoms with Crippen molar-refractivity contribution in [3.05, 3.63) is 54.6 Å². The molecule has 3 rings (SSSR count). The van der Waals surface area contributed by atoms with E-state index in [2.05, 4.69) is 11.2 Å². The zero-order valence-electron chi connectivity index (χ0n) is 8.57. The zero-order chi connectivity index (χ0) is 10.8. The van der Waals surface area contributed by atoms with E-state index in [0.717, 1.165) is 22.4 Å². The number of hydrogen-bond donors (Lipinski definition) is 1. The number of furan rings is 1. The van der Waals surface area contributed by atoms with Crippen molar-refractivity contribution in [2.45, 2.75) is 6.61 Å². The number of nitrogens with one attached hydrogen (secondary N) is 1. The number of hydrogen-bond acceptors (Lipinski definition) is 2. The lowest BCUT2D eigenvalue weighted by Crippen LogP contribution is -1.92. The van der Waals surface area contributed by atoms with Crippen LogP contribution in [-0.2, 0) is 6.61 Å². The van der Waals surface area contributed by atoms with Crippen molar-refractivity contribution >= 4 is 10.9 Å². The fourth-order valence-corrected chi connectivity index (χ4v) is 1.63. The molecule has 0 aliphatic rings. The first-order valence-electron chi connectivity index (χ1n) is 5.07. The van der Waals surface area contributed by atoms with Gasteiger partial charge in [0, 0.05) is 10.9 Å². The summed E-state index contributed by atoms with van der Waals surface area (Å²) in [5.74, 6) is 1.53. The van der Waals surface area contributed by atoms with E-state index in [1.54, 1.807) is 6.26 Å². The van der Waals surface area contributed by atoms with Crippen LogP contribution in [0.25, 0.3) is 10.9 Å². The van der Waals surface area contributed by atoms with Crippen molar-refractivity contribution in [3.63, 3.8) is 0 Å². The van der Waals surface area contributed by atoms with Gasteiger partial charge in [-0.1, -0.05) is 12.1 Å². The monoisotopic (exact) mass is 212 g/mol. The van der Waals surface area contributed by atoms with Gasteiger partial charge in [0.1, 0.15) is 18.6 Å². The SMILES string of the molecule is [c]1[nH]c2ccccc2c1OCc1ccco1. The second-order valence-electron chi connectivity index (χ2n) is 3.49. The fraction of sp³-hybridized carbons (Fsp3) is 0.0769. The van der Waals surface area contributed by atoms with Gasteiger partial charge in [-0.25, -0.2) is 0 Å². The maximum absolute atomic E-state index is 5.62. The Morgan fingerprint density at radius 2 is 2.12 bits per heavy atom. The van der Waals surface area contributed by atoms with Gasteiger partial charge in [0.25, 0.3) is 0 Å². The predicted molar refractivity (Wildman–Crippen MR) is 60.2 cm³/mol.